The van der Waals surface area contributed by atoms with Crippen LogP contribution >= 0.6 is 11.3 Å². The van der Waals surface area contributed by atoms with E-state index in [-0.39, 0.29) is 5.78 Å². The van der Waals surface area contributed by atoms with Gasteiger partial charge in [0, 0.05) is 54.9 Å². The van der Waals surface area contributed by atoms with Gasteiger partial charge in [-0.3, -0.25) is 9.69 Å². The van der Waals surface area contributed by atoms with Crippen molar-refractivity contribution in [2.24, 2.45) is 0 Å². The van der Waals surface area contributed by atoms with Gasteiger partial charge in [0.15, 0.2) is 5.78 Å². The molecule has 1 saturated heterocycles. The van der Waals surface area contributed by atoms with Crippen LogP contribution in [0.25, 0.3) is 16.2 Å². The van der Waals surface area contributed by atoms with E-state index in [1.54, 1.807) is 6.08 Å². The normalized spacial score (nSPS) is 17.3. The molecule has 0 atom stereocenters. The van der Waals surface area contributed by atoms with Crippen molar-refractivity contribution in [1.82, 2.24) is 4.90 Å². The first-order chi connectivity index (χ1) is 13.8. The lowest BCUT2D eigenvalue weighted by Crippen LogP contribution is -2.47. The van der Waals surface area contributed by atoms with Crippen LogP contribution in [0.1, 0.15) is 16.7 Å². The summed E-state index contributed by atoms with van der Waals surface area (Å²) in [4.78, 5) is 16.7. The van der Waals surface area contributed by atoms with Gasteiger partial charge in [-0.15, -0.1) is 11.3 Å². The van der Waals surface area contributed by atoms with Crippen LogP contribution in [0.2, 0.25) is 0 Å². The Morgan fingerprint density at radius 3 is 2.75 bits per heavy atom. The van der Waals surface area contributed by atoms with Gasteiger partial charge in [-0.25, -0.2) is 0 Å². The number of rotatable bonds is 4. The molecule has 5 rings (SSSR count). The minimum absolute atomic E-state index is 0.210. The quantitative estimate of drug-likeness (QED) is 0.662. The molecule has 2 heterocycles. The molecule has 0 bridgehead atoms. The lowest BCUT2D eigenvalue weighted by atomic mass is 9.94. The van der Waals surface area contributed by atoms with Gasteiger partial charge in [0.2, 0.25) is 0 Å². The molecule has 0 radical (unpaired) electrons. The Morgan fingerprint density at radius 2 is 1.86 bits per heavy atom. The monoisotopic (exact) mass is 388 g/mol. The Morgan fingerprint density at radius 1 is 0.964 bits per heavy atom. The van der Waals surface area contributed by atoms with Crippen LogP contribution in [0, 0.1) is 0 Å². The SMILES string of the molecule is O=C1C=Cc2ccc(CCN3CCN(c4cccc5sccc45)CC3)cc2C1. The number of benzene rings is 2. The molecular formula is C24H24N2OS. The number of hydrogen-bond donors (Lipinski definition) is 0. The molecule has 2 aromatic carbocycles. The number of piperazine rings is 1. The van der Waals surface area contributed by atoms with Gasteiger partial charge in [0.25, 0.3) is 0 Å². The molecule has 28 heavy (non-hydrogen) atoms. The fraction of sp³-hybridized carbons (Fsp3) is 0.292. The lowest BCUT2D eigenvalue weighted by molar-refractivity contribution is -0.114. The van der Waals surface area contributed by atoms with Crippen LogP contribution in [0.3, 0.4) is 0 Å². The van der Waals surface area contributed by atoms with Crippen LogP contribution in [0.4, 0.5) is 5.69 Å². The van der Waals surface area contributed by atoms with E-state index < -0.39 is 0 Å². The highest BCUT2D eigenvalue weighted by atomic mass is 32.1. The van der Waals surface area contributed by atoms with Gasteiger partial charge in [0.05, 0.1) is 0 Å². The summed E-state index contributed by atoms with van der Waals surface area (Å²) in [7, 11) is 0. The van der Waals surface area contributed by atoms with Gasteiger partial charge in [-0.05, 0) is 52.8 Å². The van der Waals surface area contributed by atoms with E-state index in [0.717, 1.165) is 39.1 Å². The number of thiophene rings is 1. The molecule has 0 unspecified atom stereocenters. The standard InChI is InChI=1S/C24H24N2OS/c27-21-7-6-19-5-4-18(16-20(19)17-21)8-10-25-11-13-26(14-12-25)23-2-1-3-24-22(23)9-15-28-24/h1-7,9,15-16H,8,10-14,17H2. The van der Waals surface area contributed by atoms with E-state index in [1.807, 2.05) is 17.4 Å². The number of allylic oxidation sites excluding steroid dienone is 1. The number of nitrogens with zero attached hydrogens (tertiary/aromatic N) is 2. The average Bonchev–Trinajstić information content (AvgIpc) is 3.21. The van der Waals surface area contributed by atoms with Gasteiger partial charge >= 0.3 is 0 Å². The first-order valence-electron chi connectivity index (χ1n) is 10.0. The second-order valence-corrected chi connectivity index (χ2v) is 8.65. The molecule has 1 aliphatic carbocycles. The van der Waals surface area contributed by atoms with Crippen LogP contribution in [-0.2, 0) is 17.6 Å². The van der Waals surface area contributed by atoms with Crippen molar-refractivity contribution in [2.45, 2.75) is 12.8 Å². The van der Waals surface area contributed by atoms with Gasteiger partial charge in [-0.2, -0.15) is 0 Å². The molecule has 0 spiro atoms. The smallest absolute Gasteiger partial charge is 0.160 e. The van der Waals surface area contributed by atoms with Gasteiger partial charge in [0.1, 0.15) is 0 Å². The summed E-state index contributed by atoms with van der Waals surface area (Å²) in [5.74, 6) is 0.210. The molecule has 1 aliphatic heterocycles. The van der Waals surface area contributed by atoms with E-state index in [4.69, 9.17) is 0 Å². The summed E-state index contributed by atoms with van der Waals surface area (Å²) >= 11 is 1.82. The molecule has 3 aromatic rings. The maximum Gasteiger partial charge on any atom is 0.160 e. The third-order valence-electron chi connectivity index (χ3n) is 5.92. The third kappa shape index (κ3) is 3.50. The number of hydrogen-bond acceptors (Lipinski definition) is 4. The summed E-state index contributed by atoms with van der Waals surface area (Å²) in [6.45, 7) is 5.45. The van der Waals surface area contributed by atoms with Crippen LogP contribution < -0.4 is 4.90 Å². The van der Waals surface area contributed by atoms with Crippen molar-refractivity contribution in [3.8, 4) is 0 Å². The van der Waals surface area contributed by atoms with E-state index in [2.05, 4.69) is 57.6 Å². The van der Waals surface area contributed by atoms with Crippen molar-refractivity contribution in [2.75, 3.05) is 37.6 Å². The van der Waals surface area contributed by atoms with E-state index in [9.17, 15) is 4.79 Å². The highest BCUT2D eigenvalue weighted by Crippen LogP contribution is 2.31. The molecule has 3 nitrogen and oxygen atoms in total. The summed E-state index contributed by atoms with van der Waals surface area (Å²) in [6.07, 6.45) is 5.23. The second-order valence-electron chi connectivity index (χ2n) is 7.70. The topological polar surface area (TPSA) is 23.6 Å². The van der Waals surface area contributed by atoms with E-state index in [0.29, 0.717) is 6.42 Å². The summed E-state index contributed by atoms with van der Waals surface area (Å²) in [5.41, 5.74) is 5.09. The first-order valence-corrected chi connectivity index (χ1v) is 10.9. The lowest BCUT2D eigenvalue weighted by Gasteiger charge is -2.36. The molecule has 2 aliphatic rings. The minimum Gasteiger partial charge on any atom is -0.368 e. The molecule has 142 valence electrons. The maximum absolute atomic E-state index is 11.7. The predicted octanol–water partition coefficient (Wildman–Crippen LogP) is 4.40. The van der Waals surface area contributed by atoms with Crippen molar-refractivity contribution in [3.05, 3.63) is 70.6 Å². The Hall–Kier alpha value is -2.43. The average molecular weight is 389 g/mol. The predicted molar refractivity (Wildman–Crippen MR) is 118 cm³/mol. The highest BCUT2D eigenvalue weighted by Gasteiger charge is 2.19. The zero-order valence-corrected chi connectivity index (χ0v) is 16.8. The number of carbonyl (C=O) groups is 1. The number of anilines is 1. The zero-order chi connectivity index (χ0) is 18.9. The summed E-state index contributed by atoms with van der Waals surface area (Å²) in [6, 6.07) is 15.5. The fourth-order valence-corrected chi connectivity index (χ4v) is 5.12. The fourth-order valence-electron chi connectivity index (χ4n) is 4.31. The van der Waals surface area contributed by atoms with Gasteiger partial charge in [-0.1, -0.05) is 30.3 Å². The van der Waals surface area contributed by atoms with Crippen LogP contribution in [0.5, 0.6) is 0 Å². The number of carbonyl (C=O) groups excluding carboxylic acids is 1. The zero-order valence-electron chi connectivity index (χ0n) is 15.9. The summed E-state index contributed by atoms with van der Waals surface area (Å²) < 4.78 is 1.38. The molecule has 1 aromatic heterocycles. The van der Waals surface area contributed by atoms with Crippen molar-refractivity contribution >= 4 is 39.0 Å². The molecule has 0 N–H and O–H groups in total. The maximum atomic E-state index is 11.7. The Labute approximate surface area is 169 Å². The Bertz CT molecular complexity index is 1040. The molecular weight excluding hydrogens is 364 g/mol. The molecule has 0 saturated carbocycles. The largest absolute Gasteiger partial charge is 0.368 e. The van der Waals surface area contributed by atoms with Crippen molar-refractivity contribution < 1.29 is 4.79 Å². The van der Waals surface area contributed by atoms with Crippen molar-refractivity contribution in [1.29, 1.82) is 0 Å². The highest BCUT2D eigenvalue weighted by molar-refractivity contribution is 7.17. The Kier molecular flexibility index (Phi) is 4.75. The van der Waals surface area contributed by atoms with Crippen LogP contribution in [-0.4, -0.2) is 43.4 Å². The molecule has 4 heteroatoms. The van der Waals surface area contributed by atoms with Crippen molar-refractivity contribution in [3.63, 3.8) is 0 Å². The van der Waals surface area contributed by atoms with Gasteiger partial charge < -0.3 is 4.90 Å². The number of fused-ring (bicyclic) bond motifs is 2. The van der Waals surface area contributed by atoms with E-state index in [1.165, 1.54) is 32.5 Å². The second kappa shape index (κ2) is 7.53. The summed E-state index contributed by atoms with van der Waals surface area (Å²) in [5, 5.41) is 3.57. The first kappa shape index (κ1) is 17.7. The molecule has 1 fully saturated rings. The molecule has 0 amide bonds. The van der Waals surface area contributed by atoms with E-state index >= 15 is 0 Å². The minimum atomic E-state index is 0.210. The third-order valence-corrected chi connectivity index (χ3v) is 6.81. The van der Waals surface area contributed by atoms with Crippen LogP contribution in [0.15, 0.2) is 53.9 Å². The number of ketones is 1. The Balaban J connectivity index is 1.19.